The van der Waals surface area contributed by atoms with Gasteiger partial charge in [0.2, 0.25) is 0 Å². The van der Waals surface area contributed by atoms with E-state index in [-0.39, 0.29) is 6.04 Å². The molecule has 1 saturated heterocycles. The molecule has 3 heteroatoms. The van der Waals surface area contributed by atoms with Crippen molar-refractivity contribution in [3.63, 3.8) is 0 Å². The standard InChI is InChI=1S/C14H20N2O/c1-11-6-5-8-15-13(11)10-16-9-4-3-7-14(16)12(2)17/h5-6,8,14H,3-4,7,9-10H2,1-2H3. The van der Waals surface area contributed by atoms with Crippen molar-refractivity contribution in [2.75, 3.05) is 6.54 Å². The highest BCUT2D eigenvalue weighted by atomic mass is 16.1. The van der Waals surface area contributed by atoms with Crippen molar-refractivity contribution in [2.45, 2.75) is 45.7 Å². The van der Waals surface area contributed by atoms with Crippen LogP contribution in [0.2, 0.25) is 0 Å². The van der Waals surface area contributed by atoms with Crippen LogP contribution in [0, 0.1) is 6.92 Å². The molecule has 0 radical (unpaired) electrons. The van der Waals surface area contributed by atoms with E-state index >= 15 is 0 Å². The summed E-state index contributed by atoms with van der Waals surface area (Å²) in [6.45, 7) is 5.60. The van der Waals surface area contributed by atoms with Gasteiger partial charge in [-0.3, -0.25) is 14.7 Å². The molecule has 2 heterocycles. The van der Waals surface area contributed by atoms with Gasteiger partial charge < -0.3 is 0 Å². The van der Waals surface area contributed by atoms with Crippen molar-refractivity contribution in [1.29, 1.82) is 0 Å². The second-order valence-corrected chi connectivity index (χ2v) is 4.86. The Morgan fingerprint density at radius 1 is 1.53 bits per heavy atom. The van der Waals surface area contributed by atoms with Gasteiger partial charge in [-0.05, 0) is 44.9 Å². The summed E-state index contributed by atoms with van der Waals surface area (Å²) in [5.41, 5.74) is 2.31. The molecule has 0 aromatic carbocycles. The highest BCUT2D eigenvalue weighted by Gasteiger charge is 2.26. The topological polar surface area (TPSA) is 33.2 Å². The summed E-state index contributed by atoms with van der Waals surface area (Å²) in [6.07, 6.45) is 5.19. The van der Waals surface area contributed by atoms with Gasteiger partial charge >= 0.3 is 0 Å². The first-order valence-electron chi connectivity index (χ1n) is 6.33. The molecule has 0 spiro atoms. The minimum atomic E-state index is 0.102. The maximum absolute atomic E-state index is 11.6. The van der Waals surface area contributed by atoms with E-state index in [2.05, 4.69) is 22.9 Å². The Kier molecular flexibility index (Phi) is 3.89. The van der Waals surface area contributed by atoms with Crippen LogP contribution < -0.4 is 0 Å². The number of Topliss-reactive ketones (excluding diaryl/α,β-unsaturated/α-hetero) is 1. The number of aromatic nitrogens is 1. The van der Waals surface area contributed by atoms with Gasteiger partial charge in [0, 0.05) is 12.7 Å². The third-order valence-electron chi connectivity index (χ3n) is 3.55. The minimum Gasteiger partial charge on any atom is -0.298 e. The summed E-state index contributed by atoms with van der Waals surface area (Å²) in [6, 6.07) is 4.14. The van der Waals surface area contributed by atoms with E-state index in [1.807, 2.05) is 12.3 Å². The molecule has 2 rings (SSSR count). The maximum Gasteiger partial charge on any atom is 0.146 e. The average Bonchev–Trinajstić information content (AvgIpc) is 2.32. The lowest BCUT2D eigenvalue weighted by Gasteiger charge is -2.34. The number of aryl methyl sites for hydroxylation is 1. The van der Waals surface area contributed by atoms with Crippen LogP contribution in [0.25, 0.3) is 0 Å². The van der Waals surface area contributed by atoms with Crippen LogP contribution in [0.1, 0.15) is 37.4 Å². The zero-order valence-corrected chi connectivity index (χ0v) is 10.6. The van der Waals surface area contributed by atoms with E-state index in [1.54, 1.807) is 6.92 Å². The van der Waals surface area contributed by atoms with Crippen LogP contribution in [-0.2, 0) is 11.3 Å². The third-order valence-corrected chi connectivity index (χ3v) is 3.55. The molecule has 3 nitrogen and oxygen atoms in total. The summed E-state index contributed by atoms with van der Waals surface area (Å²) in [4.78, 5) is 18.3. The van der Waals surface area contributed by atoms with Gasteiger partial charge in [0.05, 0.1) is 11.7 Å². The molecule has 1 aliphatic rings. The number of carbonyl (C=O) groups excluding carboxylic acids is 1. The van der Waals surface area contributed by atoms with Gasteiger partial charge in [-0.2, -0.15) is 0 Å². The molecule has 0 amide bonds. The maximum atomic E-state index is 11.6. The lowest BCUT2D eigenvalue weighted by Crippen LogP contribution is -2.43. The van der Waals surface area contributed by atoms with Gasteiger partial charge in [0.1, 0.15) is 5.78 Å². The van der Waals surface area contributed by atoms with Crippen LogP contribution >= 0.6 is 0 Å². The van der Waals surface area contributed by atoms with Crippen molar-refractivity contribution >= 4 is 5.78 Å². The summed E-state index contributed by atoms with van der Waals surface area (Å²) in [5.74, 6) is 0.290. The van der Waals surface area contributed by atoms with Crippen molar-refractivity contribution in [1.82, 2.24) is 9.88 Å². The van der Waals surface area contributed by atoms with Crippen LogP contribution in [0.15, 0.2) is 18.3 Å². The van der Waals surface area contributed by atoms with Crippen LogP contribution in [0.3, 0.4) is 0 Å². The number of rotatable bonds is 3. The SMILES string of the molecule is CC(=O)C1CCCCN1Cc1ncccc1C. The van der Waals surface area contributed by atoms with Crippen molar-refractivity contribution in [3.05, 3.63) is 29.6 Å². The Hall–Kier alpha value is -1.22. The van der Waals surface area contributed by atoms with Crippen LogP contribution in [0.4, 0.5) is 0 Å². The number of hydrogen-bond acceptors (Lipinski definition) is 3. The molecule has 92 valence electrons. The lowest BCUT2D eigenvalue weighted by molar-refractivity contribution is -0.123. The number of piperidine rings is 1. The molecule has 0 saturated carbocycles. The average molecular weight is 232 g/mol. The highest BCUT2D eigenvalue weighted by molar-refractivity contribution is 5.81. The fourth-order valence-electron chi connectivity index (χ4n) is 2.52. The Labute approximate surface area is 103 Å². The van der Waals surface area contributed by atoms with Crippen LogP contribution in [-0.4, -0.2) is 28.3 Å². The second-order valence-electron chi connectivity index (χ2n) is 4.86. The normalized spacial score (nSPS) is 21.4. The number of likely N-dealkylation sites (tertiary alicyclic amines) is 1. The third kappa shape index (κ3) is 2.91. The molecular weight excluding hydrogens is 212 g/mol. The first-order valence-corrected chi connectivity index (χ1v) is 6.33. The first-order chi connectivity index (χ1) is 8.18. The van der Waals surface area contributed by atoms with Gasteiger partial charge in [-0.25, -0.2) is 0 Å². The number of ketones is 1. The van der Waals surface area contributed by atoms with E-state index in [0.29, 0.717) is 5.78 Å². The Morgan fingerprint density at radius 3 is 3.06 bits per heavy atom. The van der Waals surface area contributed by atoms with E-state index in [1.165, 1.54) is 18.4 Å². The number of hydrogen-bond donors (Lipinski definition) is 0. The number of pyridine rings is 1. The smallest absolute Gasteiger partial charge is 0.146 e. The Balaban J connectivity index is 2.11. The quantitative estimate of drug-likeness (QED) is 0.802. The largest absolute Gasteiger partial charge is 0.298 e. The van der Waals surface area contributed by atoms with Gasteiger partial charge in [0.25, 0.3) is 0 Å². The molecule has 0 aliphatic carbocycles. The summed E-state index contributed by atoms with van der Waals surface area (Å²) >= 11 is 0. The number of carbonyl (C=O) groups is 1. The molecule has 1 aromatic heterocycles. The monoisotopic (exact) mass is 232 g/mol. The van der Waals surface area contributed by atoms with Crippen molar-refractivity contribution in [2.24, 2.45) is 0 Å². The molecule has 17 heavy (non-hydrogen) atoms. The van der Waals surface area contributed by atoms with E-state index in [0.717, 1.165) is 25.2 Å². The molecular formula is C14H20N2O. The molecule has 0 N–H and O–H groups in total. The van der Waals surface area contributed by atoms with Gasteiger partial charge in [-0.15, -0.1) is 0 Å². The fourth-order valence-corrected chi connectivity index (χ4v) is 2.52. The van der Waals surface area contributed by atoms with Crippen molar-refractivity contribution in [3.8, 4) is 0 Å². The van der Waals surface area contributed by atoms with E-state index in [4.69, 9.17) is 0 Å². The predicted octanol–water partition coefficient (Wildman–Crippen LogP) is 2.33. The fraction of sp³-hybridized carbons (Fsp3) is 0.571. The zero-order chi connectivity index (χ0) is 12.3. The highest BCUT2D eigenvalue weighted by Crippen LogP contribution is 2.20. The van der Waals surface area contributed by atoms with Gasteiger partial charge in [0.15, 0.2) is 0 Å². The van der Waals surface area contributed by atoms with Crippen LogP contribution in [0.5, 0.6) is 0 Å². The van der Waals surface area contributed by atoms with Crippen molar-refractivity contribution < 1.29 is 4.79 Å². The second kappa shape index (κ2) is 5.41. The van der Waals surface area contributed by atoms with E-state index in [9.17, 15) is 4.79 Å². The summed E-state index contributed by atoms with van der Waals surface area (Å²) < 4.78 is 0. The summed E-state index contributed by atoms with van der Waals surface area (Å²) in [5, 5.41) is 0. The number of nitrogens with zero attached hydrogens (tertiary/aromatic N) is 2. The molecule has 0 bridgehead atoms. The molecule has 1 fully saturated rings. The Morgan fingerprint density at radius 2 is 2.35 bits per heavy atom. The van der Waals surface area contributed by atoms with E-state index < -0.39 is 0 Å². The lowest BCUT2D eigenvalue weighted by atomic mass is 9.98. The molecule has 1 aliphatic heterocycles. The Bertz CT molecular complexity index is 403. The summed E-state index contributed by atoms with van der Waals surface area (Å²) in [7, 11) is 0. The first kappa shape index (κ1) is 12.2. The molecule has 1 aromatic rings. The minimum absolute atomic E-state index is 0.102. The zero-order valence-electron chi connectivity index (χ0n) is 10.6. The van der Waals surface area contributed by atoms with Gasteiger partial charge in [-0.1, -0.05) is 12.5 Å². The predicted molar refractivity (Wildman–Crippen MR) is 67.7 cm³/mol. The molecule has 1 atom stereocenters. The molecule has 1 unspecified atom stereocenters.